The number of halogens is 5. The van der Waals surface area contributed by atoms with Gasteiger partial charge in [0.25, 0.3) is 5.91 Å². The minimum absolute atomic E-state index is 0.200. The Morgan fingerprint density at radius 3 is 2.15 bits per heavy atom. The molecule has 0 radical (unpaired) electrons. The molecule has 0 saturated carbocycles. The van der Waals surface area contributed by atoms with Gasteiger partial charge in [-0.25, -0.2) is 4.79 Å². The van der Waals surface area contributed by atoms with Crippen LogP contribution in [0.3, 0.4) is 0 Å². The number of alkyl halides is 4. The number of hydrogen-bond donors (Lipinski definition) is 1. The van der Waals surface area contributed by atoms with E-state index in [1.807, 2.05) is 0 Å². The fourth-order valence-corrected chi connectivity index (χ4v) is 2.00. The molecule has 0 saturated heterocycles. The van der Waals surface area contributed by atoms with Crippen molar-refractivity contribution in [2.45, 2.75) is 10.9 Å². The van der Waals surface area contributed by atoms with E-state index < -0.39 is 22.9 Å². The number of carbonyl (C=O) groups excluding carboxylic acids is 2. The van der Waals surface area contributed by atoms with Gasteiger partial charge in [0.15, 0.2) is 0 Å². The second-order valence-corrected chi connectivity index (χ2v) is 6.31. The first-order chi connectivity index (χ1) is 12.2. The summed E-state index contributed by atoms with van der Waals surface area (Å²) in [4.78, 5) is 22.0. The third-order valence-corrected chi connectivity index (χ3v) is 3.81. The van der Waals surface area contributed by atoms with Gasteiger partial charge in [-0.3, -0.25) is 4.79 Å². The fraction of sp³-hybridized carbons (Fsp3) is 0.125. The van der Waals surface area contributed by atoms with Gasteiger partial charge in [0.05, 0.1) is 0 Å². The quantitative estimate of drug-likeness (QED) is 0.525. The van der Waals surface area contributed by atoms with Gasteiger partial charge in [-0.05, 0) is 36.4 Å². The molecule has 0 aromatic heterocycles. The van der Waals surface area contributed by atoms with Crippen LogP contribution < -0.4 is 10.1 Å². The first kappa shape index (κ1) is 20.2. The summed E-state index contributed by atoms with van der Waals surface area (Å²) in [5.74, 6) is -0.943. The second kappa shape index (κ2) is 8.53. The summed E-state index contributed by atoms with van der Waals surface area (Å²) in [5.41, 5.74) is 0.422. The van der Waals surface area contributed by atoms with Gasteiger partial charge < -0.3 is 10.1 Å². The predicted octanol–water partition coefficient (Wildman–Crippen LogP) is 5.29. The zero-order chi connectivity index (χ0) is 19.3. The summed E-state index contributed by atoms with van der Waals surface area (Å²) >= 11 is 16.0. The smallest absolute Gasteiger partial charge is 0.428 e. The minimum atomic E-state index is -3.77. The standard InChI is InChI=1S/C16H11Cl3F2N2O3/c17-14(18)16(20,21)26-12-8-6-11(7-9-12)22-15(25)23(19)13(24)10-4-2-1-3-5-10/h1-9,14H,(H,22,25). The molecule has 0 aliphatic heterocycles. The Bertz CT molecular complexity index is 774. The van der Waals surface area contributed by atoms with Gasteiger partial charge in [0.1, 0.15) is 5.75 Å². The van der Waals surface area contributed by atoms with Gasteiger partial charge in [-0.2, -0.15) is 13.2 Å². The number of imide groups is 1. The molecular formula is C16H11Cl3F2N2O3. The van der Waals surface area contributed by atoms with Crippen LogP contribution in [0, 0.1) is 0 Å². The number of nitrogens with zero attached hydrogens (tertiary/aromatic N) is 1. The van der Waals surface area contributed by atoms with Gasteiger partial charge in [0.2, 0.25) is 4.84 Å². The Kier molecular flexibility index (Phi) is 6.63. The number of benzene rings is 2. The molecule has 0 heterocycles. The summed E-state index contributed by atoms with van der Waals surface area (Å²) in [5, 5.41) is 2.34. The van der Waals surface area contributed by atoms with Crippen LogP contribution in [-0.2, 0) is 0 Å². The maximum Gasteiger partial charge on any atom is 0.428 e. The van der Waals surface area contributed by atoms with Gasteiger partial charge in [-0.15, -0.1) is 0 Å². The molecule has 0 aliphatic rings. The highest BCUT2D eigenvalue weighted by molar-refractivity contribution is 6.44. The van der Waals surface area contributed by atoms with E-state index >= 15 is 0 Å². The van der Waals surface area contributed by atoms with Crippen LogP contribution in [0.25, 0.3) is 0 Å². The molecule has 2 rings (SSSR count). The average Bonchev–Trinajstić information content (AvgIpc) is 2.62. The topological polar surface area (TPSA) is 58.6 Å². The van der Waals surface area contributed by atoms with Crippen LogP contribution >= 0.6 is 35.0 Å². The van der Waals surface area contributed by atoms with Crippen molar-refractivity contribution in [1.82, 2.24) is 4.42 Å². The van der Waals surface area contributed by atoms with Crippen molar-refractivity contribution in [2.75, 3.05) is 5.32 Å². The van der Waals surface area contributed by atoms with Crippen LogP contribution in [0.2, 0.25) is 0 Å². The minimum Gasteiger partial charge on any atom is -0.431 e. The van der Waals surface area contributed by atoms with E-state index in [0.29, 0.717) is 4.42 Å². The van der Waals surface area contributed by atoms with Crippen molar-refractivity contribution in [2.24, 2.45) is 0 Å². The average molecular weight is 424 g/mol. The summed E-state index contributed by atoms with van der Waals surface area (Å²) < 4.78 is 31.3. The number of rotatable bonds is 5. The predicted molar refractivity (Wildman–Crippen MR) is 95.0 cm³/mol. The van der Waals surface area contributed by atoms with Gasteiger partial charge in [0, 0.05) is 23.0 Å². The summed E-state index contributed by atoms with van der Waals surface area (Å²) in [6.07, 6.45) is -3.77. The van der Waals surface area contributed by atoms with Crippen LogP contribution in [0.1, 0.15) is 10.4 Å². The van der Waals surface area contributed by atoms with Crippen LogP contribution in [0.5, 0.6) is 5.75 Å². The fourth-order valence-electron chi connectivity index (χ4n) is 1.77. The van der Waals surface area contributed by atoms with Crippen molar-refractivity contribution < 1.29 is 23.1 Å². The molecule has 0 atom stereocenters. The van der Waals surface area contributed by atoms with Crippen LogP contribution in [0.4, 0.5) is 19.3 Å². The molecule has 26 heavy (non-hydrogen) atoms. The second-order valence-electron chi connectivity index (χ2n) is 4.87. The lowest BCUT2D eigenvalue weighted by atomic mass is 10.2. The summed E-state index contributed by atoms with van der Waals surface area (Å²) in [6.45, 7) is 0. The Hall–Kier alpha value is -2.09. The first-order valence-electron chi connectivity index (χ1n) is 7.02. The van der Waals surface area contributed by atoms with Crippen molar-refractivity contribution >= 4 is 52.6 Å². The maximum absolute atomic E-state index is 13.3. The maximum atomic E-state index is 13.3. The molecule has 0 unspecified atom stereocenters. The summed E-state index contributed by atoms with van der Waals surface area (Å²) in [6, 6.07) is 11.9. The molecule has 0 fully saturated rings. The highest BCUT2D eigenvalue weighted by atomic mass is 35.5. The molecule has 1 N–H and O–H groups in total. The molecule has 10 heteroatoms. The van der Waals surface area contributed by atoms with E-state index in [2.05, 4.69) is 10.1 Å². The van der Waals surface area contributed by atoms with Crippen molar-refractivity contribution in [1.29, 1.82) is 0 Å². The molecule has 0 spiro atoms. The molecule has 138 valence electrons. The zero-order valence-electron chi connectivity index (χ0n) is 12.8. The van der Waals surface area contributed by atoms with Gasteiger partial charge in [-0.1, -0.05) is 41.4 Å². The monoisotopic (exact) mass is 422 g/mol. The number of ether oxygens (including phenoxy) is 1. The largest absolute Gasteiger partial charge is 0.431 e. The number of anilines is 1. The van der Waals surface area contributed by atoms with E-state index in [-0.39, 0.29) is 17.0 Å². The lowest BCUT2D eigenvalue weighted by molar-refractivity contribution is -0.163. The van der Waals surface area contributed by atoms with Crippen LogP contribution in [-0.4, -0.2) is 27.3 Å². The Balaban J connectivity index is 2.00. The van der Waals surface area contributed by atoms with E-state index in [0.717, 1.165) is 12.1 Å². The molecule has 5 nitrogen and oxygen atoms in total. The summed E-state index contributed by atoms with van der Waals surface area (Å²) in [7, 11) is 0. The lowest BCUT2D eigenvalue weighted by Gasteiger charge is -2.19. The highest BCUT2D eigenvalue weighted by Gasteiger charge is 2.40. The van der Waals surface area contributed by atoms with E-state index in [4.69, 9.17) is 35.0 Å². The van der Waals surface area contributed by atoms with Crippen LogP contribution in [0.15, 0.2) is 54.6 Å². The van der Waals surface area contributed by atoms with E-state index in [1.54, 1.807) is 18.2 Å². The Morgan fingerprint density at radius 1 is 1.04 bits per heavy atom. The van der Waals surface area contributed by atoms with E-state index in [1.165, 1.54) is 24.3 Å². The molecular weight excluding hydrogens is 413 g/mol. The zero-order valence-corrected chi connectivity index (χ0v) is 15.1. The highest BCUT2D eigenvalue weighted by Crippen LogP contribution is 2.30. The number of urea groups is 1. The Labute approximate surface area is 162 Å². The SMILES string of the molecule is O=C(Nc1ccc(OC(F)(F)C(Cl)Cl)cc1)N(Cl)C(=O)c1ccccc1. The third kappa shape index (κ3) is 5.20. The molecule has 2 aromatic carbocycles. The molecule has 2 aromatic rings. The number of carbonyl (C=O) groups is 2. The number of hydrogen-bond acceptors (Lipinski definition) is 3. The lowest BCUT2D eigenvalue weighted by Crippen LogP contribution is -2.32. The van der Waals surface area contributed by atoms with Crippen molar-refractivity contribution in [3.63, 3.8) is 0 Å². The van der Waals surface area contributed by atoms with Crippen molar-refractivity contribution in [3.8, 4) is 5.75 Å². The number of nitrogens with one attached hydrogen (secondary N) is 1. The number of amides is 3. The molecule has 0 bridgehead atoms. The first-order valence-corrected chi connectivity index (χ1v) is 8.23. The third-order valence-electron chi connectivity index (χ3n) is 2.99. The normalized spacial score (nSPS) is 11.2. The molecule has 3 amide bonds. The Morgan fingerprint density at radius 2 is 1.62 bits per heavy atom. The van der Waals surface area contributed by atoms with E-state index in [9.17, 15) is 18.4 Å². The van der Waals surface area contributed by atoms with Gasteiger partial charge >= 0.3 is 12.1 Å². The molecule has 0 aliphatic carbocycles. The van der Waals surface area contributed by atoms with Crippen molar-refractivity contribution in [3.05, 3.63) is 60.2 Å².